The lowest BCUT2D eigenvalue weighted by molar-refractivity contribution is 0.122. The average Bonchev–Trinajstić information content (AvgIpc) is 3.26. The number of nitrogens with one attached hydrogen (secondary N) is 1. The molecular formula is C24H34N6O. The lowest BCUT2D eigenvalue weighted by Crippen LogP contribution is -2.38. The highest BCUT2D eigenvalue weighted by atomic mass is 16.5. The summed E-state index contributed by atoms with van der Waals surface area (Å²) in [5, 5.41) is 13.3. The maximum absolute atomic E-state index is 5.56. The molecule has 4 rings (SSSR count). The number of aryl methyl sites for hydroxylation is 2. The molecule has 0 unspecified atom stereocenters. The summed E-state index contributed by atoms with van der Waals surface area (Å²) in [6, 6.07) is 10.3. The molecule has 1 fully saturated rings. The summed E-state index contributed by atoms with van der Waals surface area (Å²) in [4.78, 5) is 2.41. The van der Waals surface area contributed by atoms with Gasteiger partial charge in [-0.1, -0.05) is 32.0 Å². The number of nitrogens with zero attached hydrogens (tertiary/aromatic N) is 5. The first-order chi connectivity index (χ1) is 15.0. The van der Waals surface area contributed by atoms with E-state index in [-0.39, 0.29) is 0 Å². The first-order valence-electron chi connectivity index (χ1n) is 11.2. The molecule has 31 heavy (non-hydrogen) atoms. The van der Waals surface area contributed by atoms with E-state index in [1.165, 1.54) is 28.3 Å². The first-order valence-corrected chi connectivity index (χ1v) is 11.2. The summed E-state index contributed by atoms with van der Waals surface area (Å²) in [6.07, 6.45) is 0. The molecule has 0 radical (unpaired) electrons. The van der Waals surface area contributed by atoms with Gasteiger partial charge in [0.2, 0.25) is 0 Å². The highest BCUT2D eigenvalue weighted by molar-refractivity contribution is 5.51. The second-order valence-corrected chi connectivity index (χ2v) is 8.57. The molecule has 1 aliphatic heterocycles. The van der Waals surface area contributed by atoms with E-state index in [4.69, 9.17) is 14.9 Å². The summed E-state index contributed by atoms with van der Waals surface area (Å²) in [6.45, 7) is 13.6. The zero-order valence-corrected chi connectivity index (χ0v) is 19.4. The largest absolute Gasteiger partial charge is 0.378 e. The fourth-order valence-corrected chi connectivity index (χ4v) is 4.45. The lowest BCUT2D eigenvalue weighted by atomic mass is 10.0. The quantitative estimate of drug-likeness (QED) is 0.632. The molecule has 1 saturated heterocycles. The van der Waals surface area contributed by atoms with Crippen molar-refractivity contribution in [2.24, 2.45) is 7.05 Å². The number of aromatic nitrogens is 4. The minimum Gasteiger partial charge on any atom is -0.378 e. The number of morpholine rings is 1. The Morgan fingerprint density at radius 1 is 1.00 bits per heavy atom. The van der Waals surface area contributed by atoms with Crippen molar-refractivity contribution in [3.63, 3.8) is 0 Å². The van der Waals surface area contributed by atoms with Gasteiger partial charge < -0.3 is 15.0 Å². The van der Waals surface area contributed by atoms with Crippen LogP contribution in [0.5, 0.6) is 0 Å². The summed E-state index contributed by atoms with van der Waals surface area (Å²) in [5.41, 5.74) is 7.07. The van der Waals surface area contributed by atoms with Crippen molar-refractivity contribution in [2.45, 2.75) is 46.7 Å². The molecule has 1 aliphatic rings. The minimum atomic E-state index is 0.377. The number of ether oxygens (including phenoxy) is 1. The monoisotopic (exact) mass is 422 g/mol. The zero-order chi connectivity index (χ0) is 22.0. The van der Waals surface area contributed by atoms with Crippen molar-refractivity contribution in [1.29, 1.82) is 0 Å². The third-order valence-electron chi connectivity index (χ3n) is 6.05. The van der Waals surface area contributed by atoms with Crippen molar-refractivity contribution in [3.05, 3.63) is 58.5 Å². The summed E-state index contributed by atoms with van der Waals surface area (Å²) in [5.74, 6) is 1.59. The van der Waals surface area contributed by atoms with Gasteiger partial charge in [0.1, 0.15) is 5.82 Å². The second kappa shape index (κ2) is 9.24. The van der Waals surface area contributed by atoms with Crippen LogP contribution in [0.15, 0.2) is 30.3 Å². The van der Waals surface area contributed by atoms with E-state index in [2.05, 4.69) is 57.1 Å². The van der Waals surface area contributed by atoms with Crippen LogP contribution >= 0.6 is 0 Å². The van der Waals surface area contributed by atoms with Crippen LogP contribution in [0.25, 0.3) is 5.69 Å². The van der Waals surface area contributed by atoms with E-state index in [1.54, 1.807) is 0 Å². The third-order valence-corrected chi connectivity index (χ3v) is 6.05. The Hall–Kier alpha value is -2.64. The molecule has 1 N–H and O–H groups in total. The number of rotatable bonds is 7. The Bertz CT molecular complexity index is 1010. The van der Waals surface area contributed by atoms with E-state index < -0.39 is 0 Å². The molecular weight excluding hydrogens is 388 g/mol. The second-order valence-electron chi connectivity index (χ2n) is 8.57. The van der Waals surface area contributed by atoms with Crippen molar-refractivity contribution in [3.8, 4) is 5.69 Å². The summed E-state index contributed by atoms with van der Waals surface area (Å²) in [7, 11) is 2.05. The molecule has 166 valence electrons. The molecule has 0 bridgehead atoms. The molecule has 0 amide bonds. The van der Waals surface area contributed by atoms with Crippen molar-refractivity contribution < 1.29 is 4.74 Å². The van der Waals surface area contributed by atoms with E-state index in [9.17, 15) is 0 Å². The number of anilines is 1. The predicted molar refractivity (Wildman–Crippen MR) is 124 cm³/mol. The highest BCUT2D eigenvalue weighted by Gasteiger charge is 2.24. The fourth-order valence-electron chi connectivity index (χ4n) is 4.45. The average molecular weight is 423 g/mol. The SMILES string of the molecule is Cc1nn(-c2ccccc2)c(C)c1CNCc1c(C(C)C)nn(C)c1N1CCOCC1. The molecule has 0 atom stereocenters. The van der Waals surface area contributed by atoms with Gasteiger partial charge in [-0.2, -0.15) is 10.2 Å². The van der Waals surface area contributed by atoms with Gasteiger partial charge in [0.05, 0.1) is 30.3 Å². The molecule has 7 heteroatoms. The lowest BCUT2D eigenvalue weighted by Gasteiger charge is -2.29. The van der Waals surface area contributed by atoms with Crippen LogP contribution in [0.3, 0.4) is 0 Å². The van der Waals surface area contributed by atoms with Crippen LogP contribution in [0, 0.1) is 13.8 Å². The van der Waals surface area contributed by atoms with Gasteiger partial charge >= 0.3 is 0 Å². The first kappa shape index (κ1) is 21.6. The van der Waals surface area contributed by atoms with Crippen LogP contribution < -0.4 is 10.2 Å². The fraction of sp³-hybridized carbons (Fsp3) is 0.500. The van der Waals surface area contributed by atoms with Gasteiger partial charge in [0, 0.05) is 50.0 Å². The summed E-state index contributed by atoms with van der Waals surface area (Å²) < 4.78 is 9.64. The van der Waals surface area contributed by atoms with Gasteiger partial charge in [-0.15, -0.1) is 0 Å². The molecule has 1 aromatic carbocycles. The van der Waals surface area contributed by atoms with Gasteiger partial charge in [-0.25, -0.2) is 4.68 Å². The van der Waals surface area contributed by atoms with Crippen molar-refractivity contribution in [2.75, 3.05) is 31.2 Å². The van der Waals surface area contributed by atoms with Gasteiger partial charge in [0.25, 0.3) is 0 Å². The Morgan fingerprint density at radius 2 is 1.68 bits per heavy atom. The predicted octanol–water partition coefficient (Wildman–Crippen LogP) is 3.47. The maximum atomic E-state index is 5.56. The van der Waals surface area contributed by atoms with Crippen molar-refractivity contribution >= 4 is 5.82 Å². The Labute approximate surface area is 185 Å². The van der Waals surface area contributed by atoms with Crippen molar-refractivity contribution in [1.82, 2.24) is 24.9 Å². The van der Waals surface area contributed by atoms with Crippen LogP contribution in [0.1, 0.15) is 48.0 Å². The number of benzene rings is 1. The molecule has 3 aromatic rings. The van der Waals surface area contributed by atoms with Gasteiger partial charge in [-0.3, -0.25) is 4.68 Å². The van der Waals surface area contributed by atoms with Crippen LogP contribution in [0.4, 0.5) is 5.82 Å². The molecule has 0 spiro atoms. The van der Waals surface area contributed by atoms with E-state index in [1.807, 2.05) is 27.6 Å². The molecule has 7 nitrogen and oxygen atoms in total. The standard InChI is InChI=1S/C24H34N6O/c1-17(2)23-22(24(28(5)27-23)29-11-13-31-14-12-29)16-25-15-21-18(3)26-30(19(21)4)20-9-7-6-8-10-20/h6-10,17,25H,11-16H2,1-5H3. The Balaban J connectivity index is 1.54. The molecule has 2 aromatic heterocycles. The Morgan fingerprint density at radius 3 is 2.35 bits per heavy atom. The molecule has 0 saturated carbocycles. The molecule has 3 heterocycles. The minimum absolute atomic E-state index is 0.377. The van der Waals surface area contributed by atoms with E-state index >= 15 is 0 Å². The van der Waals surface area contributed by atoms with E-state index in [0.29, 0.717) is 5.92 Å². The van der Waals surface area contributed by atoms with Gasteiger partial charge in [-0.05, 0) is 31.9 Å². The number of hydrogen-bond acceptors (Lipinski definition) is 5. The highest BCUT2D eigenvalue weighted by Crippen LogP contribution is 2.29. The normalized spacial score (nSPS) is 14.6. The van der Waals surface area contributed by atoms with Crippen LogP contribution in [0.2, 0.25) is 0 Å². The Kier molecular flexibility index (Phi) is 6.43. The zero-order valence-electron chi connectivity index (χ0n) is 19.4. The number of para-hydroxylation sites is 1. The smallest absolute Gasteiger partial charge is 0.131 e. The van der Waals surface area contributed by atoms with Crippen LogP contribution in [-0.4, -0.2) is 45.9 Å². The maximum Gasteiger partial charge on any atom is 0.131 e. The number of hydrogen-bond donors (Lipinski definition) is 1. The molecule has 0 aliphatic carbocycles. The van der Waals surface area contributed by atoms with Crippen LogP contribution in [-0.2, 0) is 24.9 Å². The van der Waals surface area contributed by atoms with E-state index in [0.717, 1.165) is 50.8 Å². The third kappa shape index (κ3) is 4.38. The summed E-state index contributed by atoms with van der Waals surface area (Å²) >= 11 is 0. The van der Waals surface area contributed by atoms with Gasteiger partial charge in [0.15, 0.2) is 0 Å². The topological polar surface area (TPSA) is 60.1 Å².